The van der Waals surface area contributed by atoms with Crippen LogP contribution in [0.15, 0.2) is 30.5 Å². The fourth-order valence-corrected chi connectivity index (χ4v) is 1.66. The standard InChI is InChI=1S/C10H10N2O2S/c1-13-7-4-2-3-5-8(7)14-10-12-6-9(11)15-10/h2-6H,11H2,1H3. The lowest BCUT2D eigenvalue weighted by molar-refractivity contribution is 0.378. The molecule has 1 heterocycles. The normalized spacial score (nSPS) is 9.93. The lowest BCUT2D eigenvalue weighted by atomic mass is 10.3. The monoisotopic (exact) mass is 222 g/mol. The van der Waals surface area contributed by atoms with Gasteiger partial charge in [0.2, 0.25) is 0 Å². The summed E-state index contributed by atoms with van der Waals surface area (Å²) in [5.41, 5.74) is 5.55. The molecule has 0 radical (unpaired) electrons. The van der Waals surface area contributed by atoms with E-state index in [4.69, 9.17) is 15.2 Å². The van der Waals surface area contributed by atoms with Gasteiger partial charge in [-0.1, -0.05) is 23.5 Å². The number of hydrogen-bond donors (Lipinski definition) is 1. The molecule has 0 saturated carbocycles. The number of thiazole rings is 1. The van der Waals surface area contributed by atoms with E-state index < -0.39 is 0 Å². The number of benzene rings is 1. The molecule has 1 aromatic carbocycles. The van der Waals surface area contributed by atoms with Crippen molar-refractivity contribution in [2.45, 2.75) is 0 Å². The van der Waals surface area contributed by atoms with E-state index in [1.165, 1.54) is 11.3 Å². The van der Waals surface area contributed by atoms with Crippen molar-refractivity contribution in [1.29, 1.82) is 0 Å². The molecule has 0 aliphatic heterocycles. The Morgan fingerprint density at radius 3 is 2.60 bits per heavy atom. The maximum atomic E-state index is 5.55. The van der Waals surface area contributed by atoms with Gasteiger partial charge in [0.25, 0.3) is 5.19 Å². The van der Waals surface area contributed by atoms with Crippen molar-refractivity contribution in [2.75, 3.05) is 12.8 Å². The first-order valence-electron chi connectivity index (χ1n) is 4.32. The van der Waals surface area contributed by atoms with Crippen molar-refractivity contribution in [3.8, 4) is 16.7 Å². The minimum Gasteiger partial charge on any atom is -0.493 e. The Kier molecular flexibility index (Phi) is 2.73. The van der Waals surface area contributed by atoms with Crippen LogP contribution in [0.4, 0.5) is 5.00 Å². The third-order valence-electron chi connectivity index (χ3n) is 1.77. The fraction of sp³-hybridized carbons (Fsp3) is 0.100. The fourth-order valence-electron chi connectivity index (χ4n) is 1.11. The molecule has 2 rings (SSSR count). The predicted molar refractivity (Wildman–Crippen MR) is 59.6 cm³/mol. The van der Waals surface area contributed by atoms with Crippen molar-refractivity contribution < 1.29 is 9.47 Å². The first-order chi connectivity index (χ1) is 7.29. The van der Waals surface area contributed by atoms with Gasteiger partial charge in [-0.05, 0) is 12.1 Å². The van der Waals surface area contributed by atoms with E-state index in [0.29, 0.717) is 21.7 Å². The number of nitrogen functional groups attached to an aromatic ring is 1. The van der Waals surface area contributed by atoms with Gasteiger partial charge in [-0.15, -0.1) is 0 Å². The first-order valence-corrected chi connectivity index (χ1v) is 5.13. The van der Waals surface area contributed by atoms with Gasteiger partial charge in [0.15, 0.2) is 11.5 Å². The van der Waals surface area contributed by atoms with E-state index in [-0.39, 0.29) is 0 Å². The molecule has 15 heavy (non-hydrogen) atoms. The second-order valence-electron chi connectivity index (χ2n) is 2.78. The Labute approximate surface area is 91.3 Å². The highest BCUT2D eigenvalue weighted by atomic mass is 32.1. The van der Waals surface area contributed by atoms with Crippen LogP contribution in [-0.2, 0) is 0 Å². The molecule has 78 valence electrons. The Hall–Kier alpha value is -1.75. The summed E-state index contributed by atoms with van der Waals surface area (Å²) in [5.74, 6) is 1.31. The maximum Gasteiger partial charge on any atom is 0.280 e. The molecule has 0 amide bonds. The van der Waals surface area contributed by atoms with Crippen LogP contribution in [0.1, 0.15) is 0 Å². The quantitative estimate of drug-likeness (QED) is 0.867. The van der Waals surface area contributed by atoms with Gasteiger partial charge in [0.1, 0.15) is 5.00 Å². The topological polar surface area (TPSA) is 57.4 Å². The zero-order valence-electron chi connectivity index (χ0n) is 8.14. The number of methoxy groups -OCH3 is 1. The van der Waals surface area contributed by atoms with Crippen LogP contribution in [0.2, 0.25) is 0 Å². The van der Waals surface area contributed by atoms with Gasteiger partial charge in [-0.3, -0.25) is 0 Å². The average molecular weight is 222 g/mol. The summed E-state index contributed by atoms with van der Waals surface area (Å²) in [6, 6.07) is 7.39. The summed E-state index contributed by atoms with van der Waals surface area (Å²) in [4.78, 5) is 4.00. The van der Waals surface area contributed by atoms with E-state index in [1.54, 1.807) is 13.3 Å². The molecule has 4 nitrogen and oxygen atoms in total. The van der Waals surface area contributed by atoms with Crippen LogP contribution >= 0.6 is 11.3 Å². The molecule has 0 atom stereocenters. The zero-order chi connectivity index (χ0) is 10.7. The third kappa shape index (κ3) is 2.19. The Bertz CT molecular complexity index is 456. The molecule has 5 heteroatoms. The SMILES string of the molecule is COc1ccccc1Oc1ncc(N)s1. The maximum absolute atomic E-state index is 5.55. The number of nitrogens with zero attached hydrogens (tertiary/aromatic N) is 1. The van der Waals surface area contributed by atoms with Gasteiger partial charge in [0, 0.05) is 0 Å². The zero-order valence-corrected chi connectivity index (χ0v) is 8.95. The van der Waals surface area contributed by atoms with Crippen molar-refractivity contribution in [3.05, 3.63) is 30.5 Å². The van der Waals surface area contributed by atoms with Gasteiger partial charge in [-0.2, -0.15) is 0 Å². The molecule has 0 unspecified atom stereocenters. The second-order valence-corrected chi connectivity index (χ2v) is 3.81. The molecule has 0 spiro atoms. The number of para-hydroxylation sites is 2. The molecule has 0 aliphatic rings. The minimum absolute atomic E-state index is 0.511. The van der Waals surface area contributed by atoms with Crippen molar-refractivity contribution >= 4 is 16.3 Å². The number of nitrogens with two attached hydrogens (primary N) is 1. The van der Waals surface area contributed by atoms with Gasteiger partial charge >= 0.3 is 0 Å². The van der Waals surface area contributed by atoms with Gasteiger partial charge in [0.05, 0.1) is 13.3 Å². The molecule has 0 fully saturated rings. The van der Waals surface area contributed by atoms with Crippen LogP contribution < -0.4 is 15.2 Å². The Morgan fingerprint density at radius 1 is 1.27 bits per heavy atom. The molecular formula is C10H10N2O2S. The van der Waals surface area contributed by atoms with Crippen LogP contribution in [-0.4, -0.2) is 12.1 Å². The van der Waals surface area contributed by atoms with Crippen LogP contribution in [0.25, 0.3) is 0 Å². The molecule has 2 aromatic rings. The molecule has 1 aromatic heterocycles. The van der Waals surface area contributed by atoms with Crippen LogP contribution in [0, 0.1) is 0 Å². The highest BCUT2D eigenvalue weighted by Gasteiger charge is 2.06. The van der Waals surface area contributed by atoms with E-state index >= 15 is 0 Å². The summed E-state index contributed by atoms with van der Waals surface area (Å²) >= 11 is 1.29. The summed E-state index contributed by atoms with van der Waals surface area (Å²) in [5, 5.41) is 1.14. The summed E-state index contributed by atoms with van der Waals surface area (Å²) in [7, 11) is 1.60. The lowest BCUT2D eigenvalue weighted by Crippen LogP contribution is -1.88. The third-order valence-corrected chi connectivity index (χ3v) is 2.47. The minimum atomic E-state index is 0.511. The number of rotatable bonds is 3. The average Bonchev–Trinajstić information content (AvgIpc) is 2.65. The van der Waals surface area contributed by atoms with E-state index in [2.05, 4.69) is 4.98 Å². The highest BCUT2D eigenvalue weighted by Crippen LogP contribution is 2.33. The molecule has 0 aliphatic carbocycles. The molecule has 0 saturated heterocycles. The van der Waals surface area contributed by atoms with Gasteiger partial charge < -0.3 is 15.2 Å². The number of ether oxygens (including phenoxy) is 2. The highest BCUT2D eigenvalue weighted by molar-refractivity contribution is 7.17. The van der Waals surface area contributed by atoms with Crippen molar-refractivity contribution in [1.82, 2.24) is 4.98 Å². The van der Waals surface area contributed by atoms with E-state index in [1.807, 2.05) is 24.3 Å². The van der Waals surface area contributed by atoms with E-state index in [9.17, 15) is 0 Å². The summed E-state index contributed by atoms with van der Waals surface area (Å²) in [6.07, 6.45) is 1.56. The van der Waals surface area contributed by atoms with Crippen molar-refractivity contribution in [3.63, 3.8) is 0 Å². The molecule has 0 bridgehead atoms. The first kappa shape index (κ1) is 9.79. The number of aromatic nitrogens is 1. The second kappa shape index (κ2) is 4.18. The summed E-state index contributed by atoms with van der Waals surface area (Å²) in [6.45, 7) is 0. The number of anilines is 1. The number of hydrogen-bond acceptors (Lipinski definition) is 5. The van der Waals surface area contributed by atoms with Crippen molar-refractivity contribution in [2.24, 2.45) is 0 Å². The van der Waals surface area contributed by atoms with Gasteiger partial charge in [-0.25, -0.2) is 4.98 Å². The smallest absolute Gasteiger partial charge is 0.280 e. The summed E-state index contributed by atoms with van der Waals surface area (Å²) < 4.78 is 10.7. The predicted octanol–water partition coefficient (Wildman–Crippen LogP) is 2.53. The molecule has 2 N–H and O–H groups in total. The Morgan fingerprint density at radius 2 is 2.00 bits per heavy atom. The molecular weight excluding hydrogens is 212 g/mol. The lowest BCUT2D eigenvalue weighted by Gasteiger charge is -2.06. The largest absolute Gasteiger partial charge is 0.493 e. The van der Waals surface area contributed by atoms with Crippen LogP contribution in [0.5, 0.6) is 16.7 Å². The van der Waals surface area contributed by atoms with Crippen LogP contribution in [0.3, 0.4) is 0 Å². The Balaban J connectivity index is 2.23. The van der Waals surface area contributed by atoms with E-state index in [0.717, 1.165) is 0 Å².